The van der Waals surface area contributed by atoms with E-state index >= 15 is 0 Å². The van der Waals surface area contributed by atoms with Crippen molar-refractivity contribution in [2.45, 2.75) is 32.6 Å². The van der Waals surface area contributed by atoms with Crippen LogP contribution in [0.4, 0.5) is 24.5 Å². The van der Waals surface area contributed by atoms with Crippen LogP contribution in [0.2, 0.25) is 0 Å². The van der Waals surface area contributed by atoms with Crippen LogP contribution in [0.3, 0.4) is 0 Å². The Morgan fingerprint density at radius 1 is 0.931 bits per heavy atom. The minimum atomic E-state index is -1.65. The lowest BCUT2D eigenvalue weighted by Crippen LogP contribution is -2.34. The van der Waals surface area contributed by atoms with E-state index < -0.39 is 28.9 Å². The van der Waals surface area contributed by atoms with E-state index in [1.54, 1.807) is 24.3 Å². The Hall–Kier alpha value is -2.94. The first-order valence-corrected chi connectivity index (χ1v) is 9.37. The van der Waals surface area contributed by atoms with Gasteiger partial charge in [-0.25, -0.2) is 13.2 Å². The van der Waals surface area contributed by atoms with E-state index in [-0.39, 0.29) is 11.0 Å². The maximum Gasteiger partial charge on any atom is 0.257 e. The van der Waals surface area contributed by atoms with Crippen molar-refractivity contribution in [1.82, 2.24) is 5.32 Å². The first-order valence-electron chi connectivity index (χ1n) is 8.97. The molecule has 2 rings (SSSR count). The van der Waals surface area contributed by atoms with Gasteiger partial charge in [-0.1, -0.05) is 19.8 Å². The average molecular weight is 423 g/mol. The number of benzene rings is 2. The molecule has 0 fully saturated rings. The monoisotopic (exact) mass is 423 g/mol. The maximum absolute atomic E-state index is 13.2. The van der Waals surface area contributed by atoms with Crippen LogP contribution in [0.25, 0.3) is 0 Å². The molecule has 0 aromatic heterocycles. The van der Waals surface area contributed by atoms with Gasteiger partial charge in [-0.15, -0.1) is 0 Å². The molecule has 154 valence electrons. The van der Waals surface area contributed by atoms with E-state index in [1.165, 1.54) is 0 Å². The van der Waals surface area contributed by atoms with Gasteiger partial charge in [0.05, 0.1) is 0 Å². The van der Waals surface area contributed by atoms with Crippen molar-refractivity contribution in [1.29, 1.82) is 0 Å². The molecule has 9 heteroatoms. The Bertz CT molecular complexity index is 881. The SMILES string of the molecule is CCCCCC(=O)Nc1ccc(NC(=S)NC(=O)c2cc(F)c(F)c(F)c2)cc1. The number of anilines is 2. The smallest absolute Gasteiger partial charge is 0.257 e. The summed E-state index contributed by atoms with van der Waals surface area (Å²) in [7, 11) is 0. The Labute approximate surface area is 171 Å². The molecule has 2 amide bonds. The van der Waals surface area contributed by atoms with E-state index in [0.29, 0.717) is 29.9 Å². The number of nitrogens with one attached hydrogen (secondary N) is 3. The van der Waals surface area contributed by atoms with Crippen molar-refractivity contribution >= 4 is 40.5 Å². The standard InChI is InChI=1S/C20H20F3N3O2S/c1-2-3-4-5-17(27)24-13-6-8-14(9-7-13)25-20(29)26-19(28)12-10-15(21)18(23)16(22)11-12/h6-11H,2-5H2,1H3,(H,24,27)(H2,25,26,28,29). The van der Waals surface area contributed by atoms with Crippen molar-refractivity contribution in [3.05, 3.63) is 59.4 Å². The lowest BCUT2D eigenvalue weighted by atomic mass is 10.2. The summed E-state index contributed by atoms with van der Waals surface area (Å²) < 4.78 is 39.4. The van der Waals surface area contributed by atoms with Crippen LogP contribution < -0.4 is 16.0 Å². The molecule has 5 nitrogen and oxygen atoms in total. The van der Waals surface area contributed by atoms with Gasteiger partial charge < -0.3 is 10.6 Å². The van der Waals surface area contributed by atoms with E-state index in [1.807, 2.05) is 0 Å². The van der Waals surface area contributed by atoms with Gasteiger partial charge in [-0.3, -0.25) is 14.9 Å². The van der Waals surface area contributed by atoms with Gasteiger partial charge in [0.25, 0.3) is 5.91 Å². The molecule has 0 aliphatic rings. The second-order valence-corrected chi connectivity index (χ2v) is 6.65. The fourth-order valence-electron chi connectivity index (χ4n) is 2.42. The van der Waals surface area contributed by atoms with Crippen LogP contribution in [-0.2, 0) is 4.79 Å². The topological polar surface area (TPSA) is 70.2 Å². The van der Waals surface area contributed by atoms with Gasteiger partial charge in [0, 0.05) is 23.4 Å². The summed E-state index contributed by atoms with van der Waals surface area (Å²) in [4.78, 5) is 23.8. The Balaban J connectivity index is 1.89. The number of amides is 2. The molecule has 0 atom stereocenters. The lowest BCUT2D eigenvalue weighted by molar-refractivity contribution is -0.116. The van der Waals surface area contributed by atoms with Crippen LogP contribution in [0.5, 0.6) is 0 Å². The van der Waals surface area contributed by atoms with Crippen LogP contribution in [-0.4, -0.2) is 16.9 Å². The van der Waals surface area contributed by atoms with Gasteiger partial charge in [0.1, 0.15) is 0 Å². The van der Waals surface area contributed by atoms with Crippen LogP contribution in [0.1, 0.15) is 43.0 Å². The first kappa shape index (κ1) is 22.4. The number of carbonyl (C=O) groups is 2. The summed E-state index contributed by atoms with van der Waals surface area (Å²) in [5.74, 6) is -5.56. The molecule has 2 aromatic carbocycles. The summed E-state index contributed by atoms with van der Waals surface area (Å²) in [5.41, 5.74) is 0.728. The summed E-state index contributed by atoms with van der Waals surface area (Å²) in [6, 6.07) is 7.75. The van der Waals surface area contributed by atoms with Gasteiger partial charge in [-0.2, -0.15) is 0 Å². The van der Waals surface area contributed by atoms with Crippen LogP contribution >= 0.6 is 12.2 Å². The highest BCUT2D eigenvalue weighted by molar-refractivity contribution is 7.80. The first-order chi connectivity index (χ1) is 13.8. The number of carbonyl (C=O) groups excluding carboxylic acids is 2. The molecule has 29 heavy (non-hydrogen) atoms. The fraction of sp³-hybridized carbons (Fsp3) is 0.250. The molecule has 0 radical (unpaired) electrons. The highest BCUT2D eigenvalue weighted by Crippen LogP contribution is 2.15. The largest absolute Gasteiger partial charge is 0.332 e. The number of hydrogen-bond acceptors (Lipinski definition) is 3. The molecule has 0 unspecified atom stereocenters. The molecule has 0 aliphatic carbocycles. The zero-order chi connectivity index (χ0) is 21.4. The summed E-state index contributed by atoms with van der Waals surface area (Å²) in [6.07, 6.45) is 3.32. The maximum atomic E-state index is 13.2. The zero-order valence-electron chi connectivity index (χ0n) is 15.7. The van der Waals surface area contributed by atoms with E-state index in [0.717, 1.165) is 19.3 Å². The molecule has 2 aromatic rings. The summed E-state index contributed by atoms with van der Waals surface area (Å²) in [6.45, 7) is 2.06. The lowest BCUT2D eigenvalue weighted by Gasteiger charge is -2.11. The third-order valence-corrected chi connectivity index (χ3v) is 4.11. The zero-order valence-corrected chi connectivity index (χ0v) is 16.5. The van der Waals surface area contributed by atoms with E-state index in [4.69, 9.17) is 12.2 Å². The number of rotatable bonds is 7. The minimum Gasteiger partial charge on any atom is -0.332 e. The third-order valence-electron chi connectivity index (χ3n) is 3.91. The predicted octanol–water partition coefficient (Wildman–Crippen LogP) is 4.75. The van der Waals surface area contributed by atoms with Crippen molar-refractivity contribution in [2.24, 2.45) is 0 Å². The molecule has 0 bridgehead atoms. The predicted molar refractivity (Wildman–Crippen MR) is 109 cm³/mol. The van der Waals surface area contributed by atoms with E-state index in [9.17, 15) is 22.8 Å². The molecule has 0 saturated heterocycles. The quantitative estimate of drug-likeness (QED) is 0.342. The Kier molecular flexibility index (Phi) is 8.14. The van der Waals surface area contributed by atoms with Crippen molar-refractivity contribution in [2.75, 3.05) is 10.6 Å². The van der Waals surface area contributed by atoms with Gasteiger partial charge in [0.15, 0.2) is 22.6 Å². The van der Waals surface area contributed by atoms with E-state index in [2.05, 4.69) is 22.9 Å². The Morgan fingerprint density at radius 2 is 1.48 bits per heavy atom. The molecule has 0 saturated carbocycles. The summed E-state index contributed by atoms with van der Waals surface area (Å²) >= 11 is 4.99. The van der Waals surface area contributed by atoms with Gasteiger partial charge in [0.2, 0.25) is 5.91 Å². The summed E-state index contributed by atoms with van der Waals surface area (Å²) in [5, 5.41) is 7.65. The highest BCUT2D eigenvalue weighted by atomic mass is 32.1. The van der Waals surface area contributed by atoms with Gasteiger partial charge >= 0.3 is 0 Å². The highest BCUT2D eigenvalue weighted by Gasteiger charge is 2.16. The average Bonchev–Trinajstić information content (AvgIpc) is 2.67. The second kappa shape index (κ2) is 10.6. The molecule has 0 heterocycles. The fourth-order valence-corrected chi connectivity index (χ4v) is 2.63. The van der Waals surface area contributed by atoms with Crippen molar-refractivity contribution in [3.63, 3.8) is 0 Å². The van der Waals surface area contributed by atoms with Crippen molar-refractivity contribution in [3.8, 4) is 0 Å². The number of thiocarbonyl (C=S) groups is 1. The molecular formula is C20H20F3N3O2S. The third kappa shape index (κ3) is 6.86. The Morgan fingerprint density at radius 3 is 2.03 bits per heavy atom. The normalized spacial score (nSPS) is 10.3. The number of unbranched alkanes of at least 4 members (excludes halogenated alkanes) is 2. The van der Waals surface area contributed by atoms with Crippen LogP contribution in [0, 0.1) is 17.5 Å². The molecular weight excluding hydrogens is 403 g/mol. The second-order valence-electron chi connectivity index (χ2n) is 6.24. The number of hydrogen-bond donors (Lipinski definition) is 3. The van der Waals surface area contributed by atoms with Crippen molar-refractivity contribution < 1.29 is 22.8 Å². The number of halogens is 3. The molecule has 0 spiro atoms. The minimum absolute atomic E-state index is 0.0688. The molecule has 3 N–H and O–H groups in total. The van der Waals surface area contributed by atoms with Crippen LogP contribution in [0.15, 0.2) is 36.4 Å². The molecule has 0 aliphatic heterocycles. The van der Waals surface area contributed by atoms with Gasteiger partial charge in [-0.05, 0) is 55.0 Å².